The van der Waals surface area contributed by atoms with Crippen molar-refractivity contribution in [3.05, 3.63) is 112 Å². The lowest BCUT2D eigenvalue weighted by molar-refractivity contribution is -0.138. The average Bonchev–Trinajstić information content (AvgIpc) is 3.13. The summed E-state index contributed by atoms with van der Waals surface area (Å²) in [6, 6.07) is 20.5. The van der Waals surface area contributed by atoms with Gasteiger partial charge in [-0.1, -0.05) is 66.8 Å². The van der Waals surface area contributed by atoms with Crippen LogP contribution in [0.3, 0.4) is 0 Å². The van der Waals surface area contributed by atoms with E-state index in [2.05, 4.69) is 27.9 Å². The Morgan fingerprint density at radius 3 is 2.49 bits per heavy atom. The normalized spacial score (nSPS) is 22.9. The van der Waals surface area contributed by atoms with E-state index in [0.29, 0.717) is 16.6 Å². The van der Waals surface area contributed by atoms with Gasteiger partial charge in [-0.3, -0.25) is 15.0 Å². The molecule has 2 aliphatic rings. The lowest BCUT2D eigenvalue weighted by Gasteiger charge is -2.43. The van der Waals surface area contributed by atoms with Gasteiger partial charge >= 0.3 is 0 Å². The number of phenols is 1. The van der Waals surface area contributed by atoms with Gasteiger partial charge in [0.2, 0.25) is 0 Å². The third-order valence-electron chi connectivity index (χ3n) is 7.39. The summed E-state index contributed by atoms with van der Waals surface area (Å²) in [5.41, 5.74) is 5.86. The number of hydrogen-bond donors (Lipinski definition) is 2. The second-order valence-corrected chi connectivity index (χ2v) is 10.2. The van der Waals surface area contributed by atoms with Crippen molar-refractivity contribution >= 4 is 33.4 Å². The number of aryl methyl sites for hydroxylation is 1. The summed E-state index contributed by atoms with van der Waals surface area (Å²) in [5, 5.41) is 11.7. The SMILES string of the molecule is C=CC1=CC[C@H]2C(=O)N(Nc3ccc(C)cc3)C(=O)[C@@]2(c2ccccc2)[C@H]1c1cc(Br)c(O)c(OC)c1. The number of nitrogens with one attached hydrogen (secondary N) is 1. The summed E-state index contributed by atoms with van der Waals surface area (Å²) in [6.07, 6.45) is 4.11. The topological polar surface area (TPSA) is 78.9 Å². The Hall–Kier alpha value is -3.84. The van der Waals surface area contributed by atoms with Gasteiger partial charge < -0.3 is 9.84 Å². The third kappa shape index (κ3) is 3.85. The van der Waals surface area contributed by atoms with Gasteiger partial charge in [-0.25, -0.2) is 0 Å². The standard InChI is InChI=1S/C30H27BrN2O4/c1-4-19-12-15-23-28(35)33(32-22-13-10-18(2)11-14-22)29(36)30(23,21-8-6-5-7-9-21)26(19)20-16-24(31)27(34)25(17-20)37-3/h4-14,16-17,23,26,32,34H,1,15H2,2-3H3/t23-,26+,30+/m0/s1. The van der Waals surface area contributed by atoms with E-state index in [1.807, 2.05) is 67.6 Å². The highest BCUT2D eigenvalue weighted by Crippen LogP contribution is 2.58. The predicted molar refractivity (Wildman–Crippen MR) is 146 cm³/mol. The number of hydrazine groups is 1. The van der Waals surface area contributed by atoms with Gasteiger partial charge in [0.25, 0.3) is 11.8 Å². The number of carbonyl (C=O) groups excluding carboxylic acids is 2. The summed E-state index contributed by atoms with van der Waals surface area (Å²) in [6.45, 7) is 6.01. The fourth-order valence-electron chi connectivity index (χ4n) is 5.67. The van der Waals surface area contributed by atoms with Crippen molar-refractivity contribution in [2.75, 3.05) is 12.5 Å². The zero-order valence-corrected chi connectivity index (χ0v) is 22.2. The molecular formula is C30H27BrN2O4. The number of allylic oxidation sites excluding steroid dienone is 3. The van der Waals surface area contributed by atoms with Crippen LogP contribution in [0.5, 0.6) is 11.5 Å². The van der Waals surface area contributed by atoms with Crippen molar-refractivity contribution in [2.24, 2.45) is 5.92 Å². The number of aromatic hydroxyl groups is 1. The van der Waals surface area contributed by atoms with Crippen molar-refractivity contribution in [2.45, 2.75) is 24.7 Å². The van der Waals surface area contributed by atoms with Gasteiger partial charge in [-0.15, -0.1) is 0 Å². The Labute approximate surface area is 224 Å². The van der Waals surface area contributed by atoms with Crippen LogP contribution in [0, 0.1) is 12.8 Å². The van der Waals surface area contributed by atoms with Crippen LogP contribution in [-0.2, 0) is 15.0 Å². The summed E-state index contributed by atoms with van der Waals surface area (Å²) in [7, 11) is 1.48. The quantitative estimate of drug-likeness (QED) is 0.361. The molecule has 6 nitrogen and oxygen atoms in total. The number of ether oxygens (including phenoxy) is 1. The van der Waals surface area contributed by atoms with Gasteiger partial charge in [-0.2, -0.15) is 5.01 Å². The second-order valence-electron chi connectivity index (χ2n) is 9.37. The Morgan fingerprint density at radius 2 is 1.84 bits per heavy atom. The molecule has 2 amide bonds. The molecule has 7 heteroatoms. The number of benzene rings is 3. The first-order valence-electron chi connectivity index (χ1n) is 12.0. The number of amides is 2. The summed E-state index contributed by atoms with van der Waals surface area (Å²) < 4.78 is 5.87. The second kappa shape index (κ2) is 9.56. The van der Waals surface area contributed by atoms with Gasteiger partial charge in [0.1, 0.15) is 0 Å². The Balaban J connectivity index is 1.75. The molecule has 1 fully saturated rings. The first kappa shape index (κ1) is 24.8. The minimum absolute atomic E-state index is 0.0343. The molecule has 1 aliphatic heterocycles. The van der Waals surface area contributed by atoms with Gasteiger partial charge in [0.05, 0.1) is 28.6 Å². The molecule has 3 atom stereocenters. The fourth-order valence-corrected chi connectivity index (χ4v) is 6.13. The van der Waals surface area contributed by atoms with Crippen LogP contribution < -0.4 is 10.2 Å². The van der Waals surface area contributed by atoms with E-state index in [1.165, 1.54) is 12.1 Å². The molecule has 3 aromatic carbocycles. The van der Waals surface area contributed by atoms with Crippen molar-refractivity contribution in [1.82, 2.24) is 5.01 Å². The molecule has 0 saturated carbocycles. The first-order valence-corrected chi connectivity index (χ1v) is 12.8. The van der Waals surface area contributed by atoms with Crippen LogP contribution in [0.2, 0.25) is 0 Å². The molecule has 37 heavy (non-hydrogen) atoms. The zero-order valence-electron chi connectivity index (χ0n) is 20.6. The summed E-state index contributed by atoms with van der Waals surface area (Å²) in [5.74, 6) is -1.60. The van der Waals surface area contributed by atoms with E-state index in [4.69, 9.17) is 4.74 Å². The summed E-state index contributed by atoms with van der Waals surface area (Å²) in [4.78, 5) is 28.5. The molecule has 0 unspecified atom stereocenters. The number of anilines is 1. The molecule has 1 aliphatic carbocycles. The lowest BCUT2D eigenvalue weighted by atomic mass is 9.56. The van der Waals surface area contributed by atoms with Crippen LogP contribution >= 0.6 is 15.9 Å². The van der Waals surface area contributed by atoms with Gasteiger partial charge in [0, 0.05) is 5.92 Å². The van der Waals surface area contributed by atoms with E-state index in [1.54, 1.807) is 18.2 Å². The first-order chi connectivity index (χ1) is 17.8. The number of phenolic OH excluding ortho intramolecular Hbond substituents is 1. The van der Waals surface area contributed by atoms with Gasteiger partial charge in [0.15, 0.2) is 11.5 Å². The molecule has 0 radical (unpaired) electrons. The zero-order chi connectivity index (χ0) is 26.3. The summed E-state index contributed by atoms with van der Waals surface area (Å²) >= 11 is 3.43. The Kier molecular flexibility index (Phi) is 6.42. The number of rotatable bonds is 6. The number of nitrogens with zero attached hydrogens (tertiary/aromatic N) is 1. The fraction of sp³-hybridized carbons (Fsp3) is 0.200. The minimum atomic E-state index is -1.24. The highest BCUT2D eigenvalue weighted by Gasteiger charge is 2.65. The molecule has 188 valence electrons. The van der Waals surface area contributed by atoms with E-state index < -0.39 is 17.3 Å². The average molecular weight is 559 g/mol. The van der Waals surface area contributed by atoms with E-state index >= 15 is 0 Å². The predicted octanol–water partition coefficient (Wildman–Crippen LogP) is 6.02. The van der Waals surface area contributed by atoms with E-state index in [9.17, 15) is 14.7 Å². The maximum absolute atomic E-state index is 14.6. The van der Waals surface area contributed by atoms with Crippen LogP contribution in [0.4, 0.5) is 5.69 Å². The molecule has 0 bridgehead atoms. The van der Waals surface area contributed by atoms with Crippen LogP contribution in [0.25, 0.3) is 0 Å². The number of hydrogen-bond acceptors (Lipinski definition) is 5. The molecule has 1 heterocycles. The van der Waals surface area contributed by atoms with E-state index in [0.717, 1.165) is 22.3 Å². The number of halogens is 1. The Bertz CT molecular complexity index is 1420. The van der Waals surface area contributed by atoms with Crippen molar-refractivity contribution in [3.63, 3.8) is 0 Å². The molecule has 2 N–H and O–H groups in total. The monoisotopic (exact) mass is 558 g/mol. The maximum Gasteiger partial charge on any atom is 0.260 e. The van der Waals surface area contributed by atoms with Crippen LogP contribution in [0.15, 0.2) is 95.5 Å². The van der Waals surface area contributed by atoms with Crippen molar-refractivity contribution in [1.29, 1.82) is 0 Å². The van der Waals surface area contributed by atoms with Gasteiger partial charge in [-0.05, 0) is 70.2 Å². The minimum Gasteiger partial charge on any atom is -0.503 e. The third-order valence-corrected chi connectivity index (χ3v) is 7.99. The highest BCUT2D eigenvalue weighted by atomic mass is 79.9. The van der Waals surface area contributed by atoms with Crippen LogP contribution in [-0.4, -0.2) is 29.0 Å². The largest absolute Gasteiger partial charge is 0.503 e. The van der Waals surface area contributed by atoms with E-state index in [-0.39, 0.29) is 23.3 Å². The smallest absolute Gasteiger partial charge is 0.260 e. The van der Waals surface area contributed by atoms with Crippen molar-refractivity contribution < 1.29 is 19.4 Å². The molecule has 1 saturated heterocycles. The number of carbonyl (C=O) groups is 2. The molecule has 0 spiro atoms. The number of fused-ring (bicyclic) bond motifs is 1. The molecular weight excluding hydrogens is 532 g/mol. The number of methoxy groups -OCH3 is 1. The molecule has 0 aromatic heterocycles. The Morgan fingerprint density at radius 1 is 1.14 bits per heavy atom. The number of imide groups is 1. The molecule has 3 aromatic rings. The lowest BCUT2D eigenvalue weighted by Crippen LogP contribution is -2.48. The maximum atomic E-state index is 14.6. The molecule has 5 rings (SSSR count). The highest BCUT2D eigenvalue weighted by molar-refractivity contribution is 9.10. The van der Waals surface area contributed by atoms with Crippen molar-refractivity contribution in [3.8, 4) is 11.5 Å². The van der Waals surface area contributed by atoms with Crippen LogP contribution in [0.1, 0.15) is 29.0 Å².